The first-order valence-corrected chi connectivity index (χ1v) is 6.17. The molecular formula is C14H12N4O3. The Bertz CT molecular complexity index is 796. The predicted molar refractivity (Wildman–Crippen MR) is 76.2 cm³/mol. The maximum absolute atomic E-state index is 10.8. The van der Waals surface area contributed by atoms with Crippen LogP contribution < -0.4 is 10.1 Å². The molecule has 1 aromatic carbocycles. The standard InChI is InChI=1S/C14H12N4O3/c1-21-12-4-2-3-11-16-14(17-18(11)12)15-10-7-5-9(6-8-10)13(19)20/h2-8H,1H3,(H,15,17)(H,19,20). The van der Waals surface area contributed by atoms with Gasteiger partial charge in [0.15, 0.2) is 5.65 Å². The number of aromatic nitrogens is 3. The Balaban J connectivity index is 1.89. The summed E-state index contributed by atoms with van der Waals surface area (Å²) in [6.07, 6.45) is 0. The minimum Gasteiger partial charge on any atom is -0.481 e. The maximum atomic E-state index is 10.8. The van der Waals surface area contributed by atoms with Crippen molar-refractivity contribution in [1.29, 1.82) is 0 Å². The van der Waals surface area contributed by atoms with Crippen LogP contribution in [0.1, 0.15) is 10.4 Å². The molecule has 2 N–H and O–H groups in total. The van der Waals surface area contributed by atoms with E-state index < -0.39 is 5.97 Å². The van der Waals surface area contributed by atoms with Crippen molar-refractivity contribution in [2.75, 3.05) is 12.4 Å². The van der Waals surface area contributed by atoms with Crippen molar-refractivity contribution < 1.29 is 14.6 Å². The van der Waals surface area contributed by atoms with Crippen LogP contribution in [0.2, 0.25) is 0 Å². The molecule has 7 heteroatoms. The van der Waals surface area contributed by atoms with E-state index in [1.165, 1.54) is 12.1 Å². The summed E-state index contributed by atoms with van der Waals surface area (Å²) in [4.78, 5) is 15.1. The molecule has 7 nitrogen and oxygen atoms in total. The quantitative estimate of drug-likeness (QED) is 0.763. The lowest BCUT2D eigenvalue weighted by Crippen LogP contribution is -1.98. The molecule has 0 saturated heterocycles. The lowest BCUT2D eigenvalue weighted by Gasteiger charge is -2.02. The van der Waals surface area contributed by atoms with Crippen molar-refractivity contribution in [3.05, 3.63) is 48.0 Å². The third-order valence-corrected chi connectivity index (χ3v) is 2.92. The van der Waals surface area contributed by atoms with E-state index in [-0.39, 0.29) is 5.56 Å². The molecule has 0 radical (unpaired) electrons. The third kappa shape index (κ3) is 2.48. The number of rotatable bonds is 4. The molecule has 2 heterocycles. The second-order valence-electron chi connectivity index (χ2n) is 4.28. The maximum Gasteiger partial charge on any atom is 0.335 e. The van der Waals surface area contributed by atoms with E-state index in [2.05, 4.69) is 15.4 Å². The van der Waals surface area contributed by atoms with Crippen LogP contribution in [-0.2, 0) is 0 Å². The summed E-state index contributed by atoms with van der Waals surface area (Å²) in [6, 6.07) is 11.8. The molecule has 3 rings (SSSR count). The fourth-order valence-corrected chi connectivity index (χ4v) is 1.91. The van der Waals surface area contributed by atoms with E-state index in [0.717, 1.165) is 0 Å². The first-order chi connectivity index (χ1) is 10.2. The Morgan fingerprint density at radius 3 is 2.67 bits per heavy atom. The average molecular weight is 284 g/mol. The number of carboxylic acid groups (broad SMARTS) is 1. The second kappa shape index (κ2) is 5.12. The Kier molecular flexibility index (Phi) is 3.15. The smallest absolute Gasteiger partial charge is 0.335 e. The molecule has 0 fully saturated rings. The fraction of sp³-hybridized carbons (Fsp3) is 0.0714. The zero-order valence-electron chi connectivity index (χ0n) is 11.1. The van der Waals surface area contributed by atoms with Gasteiger partial charge in [0.05, 0.1) is 12.7 Å². The number of carbonyl (C=O) groups is 1. The summed E-state index contributed by atoms with van der Waals surface area (Å²) in [5.74, 6) is 0.0222. The zero-order valence-corrected chi connectivity index (χ0v) is 11.1. The summed E-state index contributed by atoms with van der Waals surface area (Å²) in [5, 5.41) is 16.2. The lowest BCUT2D eigenvalue weighted by atomic mass is 10.2. The molecule has 106 valence electrons. The first-order valence-electron chi connectivity index (χ1n) is 6.17. The number of hydrogen-bond donors (Lipinski definition) is 2. The van der Waals surface area contributed by atoms with Gasteiger partial charge in [0.2, 0.25) is 11.8 Å². The highest BCUT2D eigenvalue weighted by Crippen LogP contribution is 2.18. The Hall–Kier alpha value is -3.09. The third-order valence-electron chi connectivity index (χ3n) is 2.92. The number of benzene rings is 1. The van der Waals surface area contributed by atoms with E-state index >= 15 is 0 Å². The molecule has 0 unspecified atom stereocenters. The molecule has 21 heavy (non-hydrogen) atoms. The van der Waals surface area contributed by atoms with E-state index in [1.54, 1.807) is 29.8 Å². The zero-order chi connectivity index (χ0) is 14.8. The molecule has 0 aliphatic heterocycles. The van der Waals surface area contributed by atoms with Crippen LogP contribution in [0.5, 0.6) is 5.88 Å². The Morgan fingerprint density at radius 1 is 1.24 bits per heavy atom. The fourth-order valence-electron chi connectivity index (χ4n) is 1.91. The van der Waals surface area contributed by atoms with Crippen molar-refractivity contribution in [2.45, 2.75) is 0 Å². The number of aromatic carboxylic acids is 1. The van der Waals surface area contributed by atoms with Gasteiger partial charge in [0, 0.05) is 11.8 Å². The highest BCUT2D eigenvalue weighted by atomic mass is 16.5. The molecular weight excluding hydrogens is 272 g/mol. The monoisotopic (exact) mass is 284 g/mol. The highest BCUT2D eigenvalue weighted by molar-refractivity contribution is 5.88. The van der Waals surface area contributed by atoms with Gasteiger partial charge in [-0.3, -0.25) is 0 Å². The molecule has 3 aromatic rings. The van der Waals surface area contributed by atoms with E-state index in [1.807, 2.05) is 12.1 Å². The van der Waals surface area contributed by atoms with Crippen molar-refractivity contribution in [3.63, 3.8) is 0 Å². The van der Waals surface area contributed by atoms with E-state index in [0.29, 0.717) is 23.2 Å². The van der Waals surface area contributed by atoms with Gasteiger partial charge in [0.1, 0.15) is 0 Å². The lowest BCUT2D eigenvalue weighted by molar-refractivity contribution is 0.0697. The minimum atomic E-state index is -0.961. The SMILES string of the molecule is COc1cccc2nc(Nc3ccc(C(=O)O)cc3)nn12. The molecule has 0 aliphatic rings. The number of pyridine rings is 1. The van der Waals surface area contributed by atoms with Gasteiger partial charge < -0.3 is 15.2 Å². The first kappa shape index (κ1) is 12.9. The summed E-state index contributed by atoms with van der Waals surface area (Å²) < 4.78 is 6.78. The number of hydrogen-bond acceptors (Lipinski definition) is 5. The number of fused-ring (bicyclic) bond motifs is 1. The Morgan fingerprint density at radius 2 is 2.00 bits per heavy atom. The number of carboxylic acids is 1. The van der Waals surface area contributed by atoms with Gasteiger partial charge in [0.25, 0.3) is 0 Å². The minimum absolute atomic E-state index is 0.227. The van der Waals surface area contributed by atoms with E-state index in [9.17, 15) is 4.79 Å². The van der Waals surface area contributed by atoms with Crippen LogP contribution in [0.4, 0.5) is 11.6 Å². The van der Waals surface area contributed by atoms with Gasteiger partial charge in [-0.1, -0.05) is 6.07 Å². The van der Waals surface area contributed by atoms with Crippen LogP contribution in [0.15, 0.2) is 42.5 Å². The number of anilines is 2. The van der Waals surface area contributed by atoms with Crippen LogP contribution in [0.25, 0.3) is 5.65 Å². The number of nitrogens with zero attached hydrogens (tertiary/aromatic N) is 3. The molecule has 0 spiro atoms. The van der Waals surface area contributed by atoms with Gasteiger partial charge in [-0.25, -0.2) is 4.79 Å². The van der Waals surface area contributed by atoms with Crippen molar-refractivity contribution in [2.24, 2.45) is 0 Å². The topological polar surface area (TPSA) is 88.8 Å². The van der Waals surface area contributed by atoms with Crippen LogP contribution in [-0.4, -0.2) is 32.8 Å². The van der Waals surface area contributed by atoms with Crippen LogP contribution >= 0.6 is 0 Å². The molecule has 0 bridgehead atoms. The van der Waals surface area contributed by atoms with Crippen molar-refractivity contribution >= 4 is 23.3 Å². The summed E-state index contributed by atoms with van der Waals surface area (Å²) in [5.41, 5.74) is 1.58. The normalized spacial score (nSPS) is 10.5. The number of ether oxygens (including phenoxy) is 1. The summed E-state index contributed by atoms with van der Waals surface area (Å²) in [7, 11) is 1.56. The van der Waals surface area contributed by atoms with Gasteiger partial charge in [-0.15, -0.1) is 5.10 Å². The largest absolute Gasteiger partial charge is 0.481 e. The van der Waals surface area contributed by atoms with Gasteiger partial charge in [-0.05, 0) is 30.3 Å². The van der Waals surface area contributed by atoms with E-state index in [4.69, 9.17) is 9.84 Å². The van der Waals surface area contributed by atoms with Crippen LogP contribution in [0.3, 0.4) is 0 Å². The molecule has 0 saturated carbocycles. The molecule has 2 aromatic heterocycles. The predicted octanol–water partition coefficient (Wildman–Crippen LogP) is 2.18. The summed E-state index contributed by atoms with van der Waals surface area (Å²) in [6.45, 7) is 0. The second-order valence-corrected chi connectivity index (χ2v) is 4.28. The highest BCUT2D eigenvalue weighted by Gasteiger charge is 2.08. The average Bonchev–Trinajstić information content (AvgIpc) is 2.90. The van der Waals surface area contributed by atoms with Gasteiger partial charge in [-0.2, -0.15) is 9.50 Å². The van der Waals surface area contributed by atoms with Gasteiger partial charge >= 0.3 is 5.97 Å². The summed E-state index contributed by atoms with van der Waals surface area (Å²) >= 11 is 0. The molecule has 0 atom stereocenters. The molecule has 0 aliphatic carbocycles. The van der Waals surface area contributed by atoms with Crippen LogP contribution in [0, 0.1) is 0 Å². The number of methoxy groups -OCH3 is 1. The number of nitrogens with one attached hydrogen (secondary N) is 1. The van der Waals surface area contributed by atoms with Crippen molar-refractivity contribution in [1.82, 2.24) is 14.6 Å². The molecule has 0 amide bonds. The van der Waals surface area contributed by atoms with Crippen molar-refractivity contribution in [3.8, 4) is 5.88 Å². The Labute approximate surface area is 119 Å².